The largest absolute Gasteiger partial charge is 0.748 e. The smallest absolute Gasteiger partial charge is 0.116 e. The lowest BCUT2D eigenvalue weighted by molar-refractivity contribution is -0.893. The zero-order valence-electron chi connectivity index (χ0n) is 27.9. The Kier molecular flexibility index (Phi) is 11.0. The van der Waals surface area contributed by atoms with Crippen LogP contribution in [0.15, 0.2) is 11.6 Å². The molecule has 0 aromatic heterocycles. The van der Waals surface area contributed by atoms with Crippen molar-refractivity contribution < 1.29 is 27.3 Å². The molecule has 9 atom stereocenters. The molecule has 0 saturated heterocycles. The quantitative estimate of drug-likeness (QED) is 0.101. The highest BCUT2D eigenvalue weighted by molar-refractivity contribution is 7.85. The number of likely N-dealkylation sites (N-methyl/N-ethyl adjacent to an activating group) is 1. The molecule has 244 valence electrons. The van der Waals surface area contributed by atoms with Crippen LogP contribution in [-0.2, 0) is 14.9 Å². The third-order valence-electron chi connectivity index (χ3n) is 12.6. The standard InChI is InChI=1S/C35H63NO5S/c1-25(2)10-8-11-26(3)31-14-15-32-30-13-12-27-22-29(16-18-34(27,4)33(30)17-19-35(31,32)5)41-21-9-20-36(6,7)23-28(37)24-42(38,39)40/h12,25-26,28-33,37H,8-11,13-24H2,1-7H3/t26-,28?,29+,30+,31-,32+,33+,34+,35-/m1/s1. The van der Waals surface area contributed by atoms with E-state index < -0.39 is 22.0 Å². The van der Waals surface area contributed by atoms with Gasteiger partial charge in [0.05, 0.1) is 49.2 Å². The summed E-state index contributed by atoms with van der Waals surface area (Å²) in [6.07, 6.45) is 17.2. The molecular formula is C35H63NO5S. The van der Waals surface area contributed by atoms with Crippen LogP contribution in [0.5, 0.6) is 0 Å². The van der Waals surface area contributed by atoms with E-state index in [0.29, 0.717) is 21.9 Å². The van der Waals surface area contributed by atoms with Crippen molar-refractivity contribution in [3.63, 3.8) is 0 Å². The lowest BCUT2D eigenvalue weighted by Gasteiger charge is -2.58. The maximum absolute atomic E-state index is 11.0. The van der Waals surface area contributed by atoms with Gasteiger partial charge in [-0.3, -0.25) is 0 Å². The Balaban J connectivity index is 1.28. The van der Waals surface area contributed by atoms with Crippen molar-refractivity contribution in [2.45, 2.75) is 124 Å². The average molecular weight is 610 g/mol. The molecule has 0 amide bonds. The summed E-state index contributed by atoms with van der Waals surface area (Å²) in [5, 5.41) is 10.0. The second-order valence-corrected chi connectivity index (χ2v) is 18.0. The summed E-state index contributed by atoms with van der Waals surface area (Å²) in [5.41, 5.74) is 2.53. The minimum absolute atomic E-state index is 0.247. The number of aliphatic hydroxyl groups is 1. The first-order valence-corrected chi connectivity index (χ1v) is 18.9. The second-order valence-electron chi connectivity index (χ2n) is 16.6. The number of nitrogens with zero attached hydrogens (tertiary/aromatic N) is 1. The van der Waals surface area contributed by atoms with Crippen molar-refractivity contribution in [1.29, 1.82) is 0 Å². The lowest BCUT2D eigenvalue weighted by atomic mass is 9.47. The summed E-state index contributed by atoms with van der Waals surface area (Å²) in [7, 11) is -0.490. The summed E-state index contributed by atoms with van der Waals surface area (Å²) in [6, 6.07) is 0. The highest BCUT2D eigenvalue weighted by Crippen LogP contribution is 2.67. The maximum Gasteiger partial charge on any atom is 0.116 e. The van der Waals surface area contributed by atoms with Gasteiger partial charge in [-0.05, 0) is 97.7 Å². The average Bonchev–Trinajstić information content (AvgIpc) is 3.22. The van der Waals surface area contributed by atoms with E-state index >= 15 is 0 Å². The molecule has 0 aromatic carbocycles. The molecule has 6 nitrogen and oxygen atoms in total. The highest BCUT2D eigenvalue weighted by Gasteiger charge is 2.59. The number of hydrogen-bond donors (Lipinski definition) is 1. The van der Waals surface area contributed by atoms with Crippen molar-refractivity contribution >= 4 is 10.1 Å². The Labute approximate surface area is 258 Å². The number of rotatable bonds is 14. The van der Waals surface area contributed by atoms with Gasteiger partial charge in [0.15, 0.2) is 0 Å². The number of ether oxygens (including phenoxy) is 1. The number of fused-ring (bicyclic) bond motifs is 5. The lowest BCUT2D eigenvalue weighted by Crippen LogP contribution is -2.51. The summed E-state index contributed by atoms with van der Waals surface area (Å²) in [6.45, 7) is 14.2. The fourth-order valence-corrected chi connectivity index (χ4v) is 11.1. The van der Waals surface area contributed by atoms with Gasteiger partial charge >= 0.3 is 0 Å². The molecule has 1 unspecified atom stereocenters. The zero-order chi connectivity index (χ0) is 30.9. The summed E-state index contributed by atoms with van der Waals surface area (Å²) < 4.78 is 39.8. The fraction of sp³-hybridized carbons (Fsp3) is 0.943. The highest BCUT2D eigenvalue weighted by atomic mass is 32.2. The molecule has 3 saturated carbocycles. The molecule has 0 radical (unpaired) electrons. The maximum atomic E-state index is 11.0. The van der Waals surface area contributed by atoms with Crippen LogP contribution >= 0.6 is 0 Å². The Morgan fingerprint density at radius 1 is 1.05 bits per heavy atom. The fourth-order valence-electron chi connectivity index (χ4n) is 10.5. The Hall–Kier alpha value is -0.470. The molecule has 42 heavy (non-hydrogen) atoms. The van der Waals surface area contributed by atoms with Crippen LogP contribution in [0.2, 0.25) is 0 Å². The predicted molar refractivity (Wildman–Crippen MR) is 170 cm³/mol. The molecule has 0 aromatic rings. The van der Waals surface area contributed by atoms with Gasteiger partial charge in [-0.2, -0.15) is 0 Å². The third kappa shape index (κ3) is 8.02. The molecule has 3 fully saturated rings. The van der Waals surface area contributed by atoms with E-state index in [-0.39, 0.29) is 12.6 Å². The molecule has 1 N–H and O–H groups in total. The first kappa shape index (κ1) is 34.4. The van der Waals surface area contributed by atoms with E-state index in [1.165, 1.54) is 57.8 Å². The van der Waals surface area contributed by atoms with Crippen molar-refractivity contribution in [3.8, 4) is 0 Å². The summed E-state index contributed by atoms with van der Waals surface area (Å²) in [5.74, 6) is 4.44. The van der Waals surface area contributed by atoms with Crippen molar-refractivity contribution in [2.75, 3.05) is 39.5 Å². The second kappa shape index (κ2) is 13.5. The minimum atomic E-state index is -4.42. The van der Waals surface area contributed by atoms with Gasteiger partial charge in [-0.25, -0.2) is 8.42 Å². The molecule has 4 aliphatic rings. The van der Waals surface area contributed by atoms with Gasteiger partial charge < -0.3 is 18.9 Å². The van der Waals surface area contributed by atoms with Crippen LogP contribution in [-0.4, -0.2) is 74.3 Å². The SMILES string of the molecule is CC(C)CCC[C@@H](C)[C@H]1CC[C@H]2[C@@H]3CC=C4C[C@@H](OCCC[N+](C)(C)CC(O)CS(=O)(=O)[O-])CC[C@]4(C)[C@H]3CC[C@]12C. The van der Waals surface area contributed by atoms with Gasteiger partial charge in [-0.1, -0.05) is 65.5 Å². The van der Waals surface area contributed by atoms with Gasteiger partial charge in [0, 0.05) is 6.42 Å². The van der Waals surface area contributed by atoms with E-state index in [4.69, 9.17) is 4.74 Å². The van der Waals surface area contributed by atoms with Crippen molar-refractivity contribution in [2.24, 2.45) is 46.3 Å². The minimum Gasteiger partial charge on any atom is -0.748 e. The van der Waals surface area contributed by atoms with E-state index in [0.717, 1.165) is 61.3 Å². The van der Waals surface area contributed by atoms with Gasteiger partial charge in [0.1, 0.15) is 12.6 Å². The molecule has 7 heteroatoms. The molecule has 4 aliphatic carbocycles. The van der Waals surface area contributed by atoms with Crippen LogP contribution < -0.4 is 0 Å². The van der Waals surface area contributed by atoms with Crippen LogP contribution in [0.1, 0.15) is 112 Å². The first-order chi connectivity index (χ1) is 19.5. The normalized spacial score (nSPS) is 36.6. The van der Waals surface area contributed by atoms with Crippen LogP contribution in [0.3, 0.4) is 0 Å². The van der Waals surface area contributed by atoms with Crippen molar-refractivity contribution in [3.05, 3.63) is 11.6 Å². The Bertz CT molecular complexity index is 1040. The van der Waals surface area contributed by atoms with Gasteiger partial charge in [0.25, 0.3) is 0 Å². The van der Waals surface area contributed by atoms with E-state index in [1.807, 2.05) is 14.1 Å². The molecule has 4 rings (SSSR count). The number of quaternary nitrogens is 1. The Morgan fingerprint density at radius 2 is 1.79 bits per heavy atom. The van der Waals surface area contributed by atoms with Crippen LogP contribution in [0.25, 0.3) is 0 Å². The third-order valence-corrected chi connectivity index (χ3v) is 13.4. The predicted octanol–water partition coefficient (Wildman–Crippen LogP) is 6.79. The molecule has 0 spiro atoms. The summed E-state index contributed by atoms with van der Waals surface area (Å²) >= 11 is 0. The van der Waals surface area contributed by atoms with Gasteiger partial charge in [-0.15, -0.1) is 0 Å². The van der Waals surface area contributed by atoms with Crippen molar-refractivity contribution in [1.82, 2.24) is 0 Å². The topological polar surface area (TPSA) is 86.7 Å². The van der Waals surface area contributed by atoms with Gasteiger partial charge in [0.2, 0.25) is 0 Å². The molecule has 0 heterocycles. The van der Waals surface area contributed by atoms with E-state index in [2.05, 4.69) is 40.7 Å². The molecule has 0 bridgehead atoms. The molecule has 0 aliphatic heterocycles. The number of hydrogen-bond acceptors (Lipinski definition) is 5. The Morgan fingerprint density at radius 3 is 2.48 bits per heavy atom. The summed E-state index contributed by atoms with van der Waals surface area (Å²) in [4.78, 5) is 0. The van der Waals surface area contributed by atoms with E-state index in [1.54, 1.807) is 5.57 Å². The zero-order valence-corrected chi connectivity index (χ0v) is 28.8. The number of allylic oxidation sites excluding steroid dienone is 1. The monoisotopic (exact) mass is 609 g/mol. The van der Waals surface area contributed by atoms with Crippen LogP contribution in [0.4, 0.5) is 0 Å². The number of aliphatic hydroxyl groups excluding tert-OH is 1. The van der Waals surface area contributed by atoms with E-state index in [9.17, 15) is 18.1 Å². The molecular weight excluding hydrogens is 546 g/mol. The van der Waals surface area contributed by atoms with Crippen LogP contribution in [0, 0.1) is 46.3 Å². The first-order valence-electron chi connectivity index (χ1n) is 17.3.